The summed E-state index contributed by atoms with van der Waals surface area (Å²) in [7, 11) is 0. The van der Waals surface area contributed by atoms with Crippen LogP contribution in [0.1, 0.15) is 75.7 Å². The zero-order valence-corrected chi connectivity index (χ0v) is 22.3. The van der Waals surface area contributed by atoms with E-state index in [2.05, 4.69) is 56.7 Å². The van der Waals surface area contributed by atoms with Crippen LogP contribution in [0.2, 0.25) is 0 Å². The molecule has 0 bridgehead atoms. The van der Waals surface area contributed by atoms with Crippen molar-refractivity contribution in [2.75, 3.05) is 44.6 Å². The predicted molar refractivity (Wildman–Crippen MR) is 151 cm³/mol. The maximum Gasteiger partial charge on any atom is 0.186 e. The summed E-state index contributed by atoms with van der Waals surface area (Å²) in [6, 6.07) is 7.67. The molecule has 0 spiro atoms. The number of hydrogen-bond acceptors (Lipinski definition) is 7. The molecule has 2 saturated heterocycles. The highest BCUT2D eigenvalue weighted by Gasteiger charge is 2.32. The number of nitrogens with zero attached hydrogens (tertiary/aromatic N) is 3. The van der Waals surface area contributed by atoms with Crippen molar-refractivity contribution in [1.29, 1.82) is 0 Å². The number of likely N-dealkylation sites (tertiary alicyclic amines) is 1. The topological polar surface area (TPSA) is 64.2 Å². The third-order valence-electron chi connectivity index (χ3n) is 8.94. The van der Waals surface area contributed by atoms with Crippen molar-refractivity contribution in [3.05, 3.63) is 48.1 Å². The average molecular weight is 505 g/mol. The third-order valence-corrected chi connectivity index (χ3v) is 8.94. The van der Waals surface area contributed by atoms with Crippen LogP contribution in [0.3, 0.4) is 0 Å². The standard InChI is InChI=1S/C30H44N6O/c1-22-33-30-29(37-28-11-6-24(20-27(28)34-30)23-12-15-31-16-13-23)21-36(22)26-9-7-25(8-10-26)32-14-5-19-35-17-3-2-4-18-35/h6,11,20-21,23,25-26,31-32H,1-5,7-10,12-19H2,(H,33,34). The van der Waals surface area contributed by atoms with Gasteiger partial charge >= 0.3 is 0 Å². The average Bonchev–Trinajstić information content (AvgIpc) is 2.95. The molecule has 1 aromatic rings. The summed E-state index contributed by atoms with van der Waals surface area (Å²) < 4.78 is 6.34. The Labute approximate surface area is 222 Å². The molecule has 6 rings (SSSR count). The minimum absolute atomic E-state index is 0.434. The normalized spacial score (nSPS) is 26.9. The second-order valence-corrected chi connectivity index (χ2v) is 11.5. The largest absolute Gasteiger partial charge is 0.450 e. The molecular formula is C30H44N6O. The zero-order chi connectivity index (χ0) is 25.0. The summed E-state index contributed by atoms with van der Waals surface area (Å²) in [6.07, 6.45) is 14.7. The van der Waals surface area contributed by atoms with Crippen molar-refractivity contribution < 1.29 is 4.74 Å². The molecule has 1 aromatic carbocycles. The van der Waals surface area contributed by atoms with Gasteiger partial charge in [0, 0.05) is 12.1 Å². The first-order valence-electron chi connectivity index (χ1n) is 14.8. The molecule has 7 nitrogen and oxygen atoms in total. The number of anilines is 1. The Morgan fingerprint density at radius 1 is 1.03 bits per heavy atom. The Bertz CT molecular complexity index is 1010. The van der Waals surface area contributed by atoms with Crippen LogP contribution in [0.4, 0.5) is 5.69 Å². The van der Waals surface area contributed by atoms with E-state index in [1.807, 2.05) is 0 Å². The SMILES string of the molecule is C=C1N=C2Nc3cc(C4CCNCC4)ccc3OC2=CN1C1CCC(NCCCN2CCCCC2)CC1. The number of rotatable bonds is 7. The number of ether oxygens (including phenoxy) is 1. The third kappa shape index (κ3) is 5.89. The van der Waals surface area contributed by atoms with Crippen LogP contribution in [0.15, 0.2) is 47.6 Å². The van der Waals surface area contributed by atoms with Crippen LogP contribution in [0, 0.1) is 0 Å². The zero-order valence-electron chi connectivity index (χ0n) is 22.3. The van der Waals surface area contributed by atoms with Gasteiger partial charge in [-0.25, -0.2) is 4.99 Å². The Morgan fingerprint density at radius 2 is 1.84 bits per heavy atom. The Kier molecular flexibility index (Phi) is 7.81. The molecule has 0 unspecified atom stereocenters. The summed E-state index contributed by atoms with van der Waals surface area (Å²) in [5.41, 5.74) is 2.40. The fraction of sp³-hybridized carbons (Fsp3) is 0.633. The van der Waals surface area contributed by atoms with Crippen LogP contribution in [-0.2, 0) is 0 Å². The van der Waals surface area contributed by atoms with Gasteiger partial charge in [0.1, 0.15) is 5.82 Å². The number of hydrogen-bond donors (Lipinski definition) is 3. The van der Waals surface area contributed by atoms with E-state index in [1.54, 1.807) is 0 Å². The van der Waals surface area contributed by atoms with Gasteiger partial charge < -0.3 is 30.5 Å². The summed E-state index contributed by atoms with van der Waals surface area (Å²) >= 11 is 0. The molecule has 0 radical (unpaired) electrons. The van der Waals surface area contributed by atoms with Gasteiger partial charge in [-0.1, -0.05) is 19.1 Å². The van der Waals surface area contributed by atoms with E-state index in [-0.39, 0.29) is 0 Å². The van der Waals surface area contributed by atoms with Crippen LogP contribution in [0.5, 0.6) is 5.75 Å². The fourth-order valence-corrected chi connectivity index (χ4v) is 6.72. The van der Waals surface area contributed by atoms with E-state index in [4.69, 9.17) is 9.73 Å². The lowest BCUT2D eigenvalue weighted by molar-refractivity contribution is 0.211. The molecule has 1 saturated carbocycles. The molecule has 4 aliphatic heterocycles. The maximum absolute atomic E-state index is 6.34. The monoisotopic (exact) mass is 504 g/mol. The van der Waals surface area contributed by atoms with Gasteiger partial charge in [0.25, 0.3) is 0 Å². The Morgan fingerprint density at radius 3 is 2.65 bits per heavy atom. The van der Waals surface area contributed by atoms with E-state index in [0.717, 1.165) is 61.3 Å². The Hall–Kier alpha value is -2.35. The molecule has 3 N–H and O–H groups in total. The Balaban J connectivity index is 1.01. The molecule has 0 amide bonds. The predicted octanol–water partition coefficient (Wildman–Crippen LogP) is 4.76. The second kappa shape index (κ2) is 11.6. The van der Waals surface area contributed by atoms with Crippen molar-refractivity contribution in [3.63, 3.8) is 0 Å². The summed E-state index contributed by atoms with van der Waals surface area (Å²) in [4.78, 5) is 9.73. The number of aliphatic imine (C=N–C) groups is 1. The van der Waals surface area contributed by atoms with E-state index in [0.29, 0.717) is 18.0 Å². The lowest BCUT2D eigenvalue weighted by atomic mass is 9.89. The van der Waals surface area contributed by atoms with Crippen molar-refractivity contribution in [2.45, 2.75) is 82.2 Å². The van der Waals surface area contributed by atoms with E-state index in [9.17, 15) is 0 Å². The van der Waals surface area contributed by atoms with E-state index >= 15 is 0 Å². The van der Waals surface area contributed by atoms with Gasteiger partial charge in [-0.05, 0) is 121 Å². The minimum atomic E-state index is 0.434. The molecule has 1 aliphatic carbocycles. The molecule has 7 heteroatoms. The number of fused-ring (bicyclic) bond motifs is 2. The van der Waals surface area contributed by atoms with Crippen LogP contribution in [0.25, 0.3) is 0 Å². The van der Waals surface area contributed by atoms with Gasteiger partial charge in [-0.2, -0.15) is 0 Å². The van der Waals surface area contributed by atoms with Gasteiger partial charge in [-0.3, -0.25) is 0 Å². The van der Waals surface area contributed by atoms with E-state index < -0.39 is 0 Å². The summed E-state index contributed by atoms with van der Waals surface area (Å²) in [5, 5.41) is 10.8. The minimum Gasteiger partial charge on any atom is -0.450 e. The van der Waals surface area contributed by atoms with Crippen LogP contribution >= 0.6 is 0 Å². The van der Waals surface area contributed by atoms with Crippen LogP contribution < -0.4 is 20.7 Å². The number of benzene rings is 1. The molecule has 0 aromatic heterocycles. The van der Waals surface area contributed by atoms with Gasteiger partial charge in [0.05, 0.1) is 11.9 Å². The molecule has 3 fully saturated rings. The van der Waals surface area contributed by atoms with Gasteiger partial charge in [0.2, 0.25) is 0 Å². The number of piperidine rings is 2. The first kappa shape index (κ1) is 25.0. The second-order valence-electron chi connectivity index (χ2n) is 11.5. The van der Waals surface area contributed by atoms with Gasteiger partial charge in [0.15, 0.2) is 17.3 Å². The molecule has 0 atom stereocenters. The first-order chi connectivity index (χ1) is 18.2. The first-order valence-corrected chi connectivity index (χ1v) is 14.8. The molecular weight excluding hydrogens is 460 g/mol. The molecule has 4 heterocycles. The highest BCUT2D eigenvalue weighted by atomic mass is 16.5. The molecule has 5 aliphatic rings. The summed E-state index contributed by atoms with van der Waals surface area (Å²) in [6.45, 7) is 11.5. The quantitative estimate of drug-likeness (QED) is 0.466. The van der Waals surface area contributed by atoms with Crippen molar-refractivity contribution >= 4 is 11.5 Å². The number of amidine groups is 1. The van der Waals surface area contributed by atoms with Crippen molar-refractivity contribution in [3.8, 4) is 5.75 Å². The van der Waals surface area contributed by atoms with Gasteiger partial charge in [-0.15, -0.1) is 0 Å². The fourth-order valence-electron chi connectivity index (χ4n) is 6.72. The lowest BCUT2D eigenvalue weighted by Gasteiger charge is -2.39. The summed E-state index contributed by atoms with van der Waals surface area (Å²) in [5.74, 6) is 3.88. The molecule has 200 valence electrons. The van der Waals surface area contributed by atoms with Crippen LogP contribution in [-0.4, -0.2) is 67.0 Å². The molecule has 37 heavy (non-hydrogen) atoms. The smallest absolute Gasteiger partial charge is 0.186 e. The number of nitrogens with one attached hydrogen (secondary N) is 3. The maximum atomic E-state index is 6.34. The van der Waals surface area contributed by atoms with Crippen molar-refractivity contribution in [2.24, 2.45) is 4.99 Å². The lowest BCUT2D eigenvalue weighted by Crippen LogP contribution is -2.42. The highest BCUT2D eigenvalue weighted by molar-refractivity contribution is 6.10. The highest BCUT2D eigenvalue weighted by Crippen LogP contribution is 2.38. The van der Waals surface area contributed by atoms with Crippen molar-refractivity contribution in [1.82, 2.24) is 20.4 Å². The van der Waals surface area contributed by atoms with E-state index in [1.165, 1.54) is 76.6 Å².